The topological polar surface area (TPSA) is 80.3 Å². The van der Waals surface area contributed by atoms with Gasteiger partial charge in [0.1, 0.15) is 15.9 Å². The largest absolute Gasteiger partial charge is 0.493 e. The number of amides is 2. The van der Waals surface area contributed by atoms with Gasteiger partial charge in [0, 0.05) is 18.4 Å². The minimum absolute atomic E-state index is 0.195. The Morgan fingerprint density at radius 3 is 2.88 bits per heavy atom. The molecule has 8 heteroatoms. The van der Waals surface area contributed by atoms with Crippen molar-refractivity contribution in [3.8, 4) is 5.75 Å². The van der Waals surface area contributed by atoms with Crippen LogP contribution in [0.5, 0.6) is 5.75 Å². The van der Waals surface area contributed by atoms with Crippen LogP contribution in [-0.2, 0) is 9.59 Å². The van der Waals surface area contributed by atoms with Crippen LogP contribution in [0.25, 0.3) is 17.0 Å². The number of nitrogens with one attached hydrogen (secondary N) is 2. The molecule has 0 radical (unpaired) electrons. The molecule has 3 rings (SSSR count). The molecule has 2 heterocycles. The smallest absolute Gasteiger partial charge is 0.263 e. The van der Waals surface area contributed by atoms with Crippen LogP contribution in [0.1, 0.15) is 19.4 Å². The van der Waals surface area contributed by atoms with E-state index in [1.165, 1.54) is 18.7 Å². The van der Waals surface area contributed by atoms with E-state index in [1.54, 1.807) is 12.1 Å². The van der Waals surface area contributed by atoms with E-state index in [0.717, 1.165) is 10.9 Å². The van der Waals surface area contributed by atoms with Gasteiger partial charge >= 0.3 is 0 Å². The molecule has 6 nitrogen and oxygen atoms in total. The number of carbonyl (C=O) groups excluding carboxylic acids is 2. The summed E-state index contributed by atoms with van der Waals surface area (Å²) in [5.41, 5.74) is 1.53. The average molecular weight is 373 g/mol. The molecule has 0 bridgehead atoms. The lowest BCUT2D eigenvalue weighted by Gasteiger charge is -2.11. The van der Waals surface area contributed by atoms with E-state index in [0.29, 0.717) is 32.9 Å². The Labute approximate surface area is 154 Å². The summed E-state index contributed by atoms with van der Waals surface area (Å²) in [6.45, 7) is 3.79. The zero-order valence-corrected chi connectivity index (χ0v) is 15.2. The fourth-order valence-electron chi connectivity index (χ4n) is 2.39. The molecule has 1 saturated heterocycles. The second kappa shape index (κ2) is 7.20. The third-order valence-electron chi connectivity index (χ3n) is 3.34. The third kappa shape index (κ3) is 3.97. The molecule has 128 valence electrons. The molecule has 2 amide bonds. The molecule has 25 heavy (non-hydrogen) atoms. The molecule has 0 unspecified atom stereocenters. The lowest BCUT2D eigenvalue weighted by molar-refractivity contribution is -0.115. The number of ether oxygens (including phenoxy) is 1. The van der Waals surface area contributed by atoms with E-state index in [4.69, 9.17) is 17.0 Å². The van der Waals surface area contributed by atoms with E-state index in [1.807, 2.05) is 25.1 Å². The number of aromatic nitrogens is 1. The molecule has 1 aromatic carbocycles. The standard InChI is InChI=1S/C17H15N3O3S2/c1-3-23-13-8-15(18-9(2)21)19-12-5-4-10(6-11(12)13)7-14-16(22)20-17(24)25-14/h4-8H,3H2,1-2H3,(H,18,19,21)(H,20,22,24)/b14-7-. The minimum Gasteiger partial charge on any atom is -0.493 e. The highest BCUT2D eigenvalue weighted by atomic mass is 32.2. The van der Waals surface area contributed by atoms with Crippen molar-refractivity contribution in [2.75, 3.05) is 11.9 Å². The molecule has 0 saturated carbocycles. The first-order valence-corrected chi connectivity index (χ1v) is 8.79. The van der Waals surface area contributed by atoms with Crippen LogP contribution in [0.4, 0.5) is 5.82 Å². The van der Waals surface area contributed by atoms with E-state index >= 15 is 0 Å². The average Bonchev–Trinajstić information content (AvgIpc) is 2.85. The van der Waals surface area contributed by atoms with Crippen LogP contribution >= 0.6 is 24.0 Å². The van der Waals surface area contributed by atoms with Crippen molar-refractivity contribution in [1.82, 2.24) is 10.3 Å². The Hall–Kier alpha value is -2.45. The molecule has 2 aromatic rings. The van der Waals surface area contributed by atoms with Crippen molar-refractivity contribution >= 4 is 62.9 Å². The van der Waals surface area contributed by atoms with Crippen molar-refractivity contribution < 1.29 is 14.3 Å². The van der Waals surface area contributed by atoms with E-state index in [-0.39, 0.29) is 11.8 Å². The molecule has 0 atom stereocenters. The molecule has 1 aliphatic rings. The van der Waals surface area contributed by atoms with Crippen molar-refractivity contribution in [2.24, 2.45) is 0 Å². The van der Waals surface area contributed by atoms with E-state index < -0.39 is 0 Å². The monoisotopic (exact) mass is 373 g/mol. The molecular formula is C17H15N3O3S2. The molecule has 1 fully saturated rings. The van der Waals surface area contributed by atoms with E-state index in [2.05, 4.69) is 15.6 Å². The number of anilines is 1. The van der Waals surface area contributed by atoms with Gasteiger partial charge in [-0.25, -0.2) is 4.98 Å². The van der Waals surface area contributed by atoms with Crippen molar-refractivity contribution in [2.45, 2.75) is 13.8 Å². The van der Waals surface area contributed by atoms with Gasteiger partial charge in [0.25, 0.3) is 5.91 Å². The maximum atomic E-state index is 11.8. The molecule has 1 aliphatic heterocycles. The zero-order chi connectivity index (χ0) is 18.0. The number of thiocarbonyl (C=S) groups is 1. The Bertz CT molecular complexity index is 925. The summed E-state index contributed by atoms with van der Waals surface area (Å²) in [5, 5.41) is 6.06. The van der Waals surface area contributed by atoms with Crippen LogP contribution in [-0.4, -0.2) is 27.7 Å². The molecular weight excluding hydrogens is 358 g/mol. The first-order chi connectivity index (χ1) is 12.0. The highest BCUT2D eigenvalue weighted by molar-refractivity contribution is 8.26. The molecule has 2 N–H and O–H groups in total. The summed E-state index contributed by atoms with van der Waals surface area (Å²) in [4.78, 5) is 28.0. The number of rotatable bonds is 4. The summed E-state index contributed by atoms with van der Waals surface area (Å²) < 4.78 is 6.14. The Morgan fingerprint density at radius 2 is 2.24 bits per heavy atom. The van der Waals surface area contributed by atoms with Crippen LogP contribution in [0.15, 0.2) is 29.2 Å². The first-order valence-electron chi connectivity index (χ1n) is 7.56. The van der Waals surface area contributed by atoms with Gasteiger partial charge in [0.05, 0.1) is 17.0 Å². The maximum absolute atomic E-state index is 11.8. The van der Waals surface area contributed by atoms with Crippen LogP contribution < -0.4 is 15.4 Å². The highest BCUT2D eigenvalue weighted by Gasteiger charge is 2.22. The predicted molar refractivity (Wildman–Crippen MR) is 104 cm³/mol. The van der Waals surface area contributed by atoms with Gasteiger partial charge in [-0.05, 0) is 30.7 Å². The first kappa shape index (κ1) is 17.4. The Balaban J connectivity index is 2.05. The van der Waals surface area contributed by atoms with Crippen molar-refractivity contribution in [1.29, 1.82) is 0 Å². The number of hydrogen-bond donors (Lipinski definition) is 2. The Morgan fingerprint density at radius 1 is 1.44 bits per heavy atom. The number of pyridine rings is 1. The maximum Gasteiger partial charge on any atom is 0.263 e. The number of carbonyl (C=O) groups is 2. The zero-order valence-electron chi connectivity index (χ0n) is 13.6. The third-order valence-corrected chi connectivity index (χ3v) is 4.50. The minimum atomic E-state index is -0.198. The predicted octanol–water partition coefficient (Wildman–Crippen LogP) is 3.08. The van der Waals surface area contributed by atoms with E-state index in [9.17, 15) is 9.59 Å². The molecule has 0 aliphatic carbocycles. The second-order valence-electron chi connectivity index (χ2n) is 5.25. The van der Waals surface area contributed by atoms with Gasteiger partial charge in [-0.1, -0.05) is 30.0 Å². The summed E-state index contributed by atoms with van der Waals surface area (Å²) >= 11 is 6.23. The van der Waals surface area contributed by atoms with Gasteiger partial charge in [0.15, 0.2) is 0 Å². The summed E-state index contributed by atoms with van der Waals surface area (Å²) in [5.74, 6) is 0.663. The van der Waals surface area contributed by atoms with Gasteiger partial charge in [-0.15, -0.1) is 0 Å². The molecule has 1 aromatic heterocycles. The SMILES string of the molecule is CCOc1cc(NC(C)=O)nc2ccc(/C=C3\SC(=S)NC3=O)cc12. The van der Waals surface area contributed by atoms with Crippen molar-refractivity contribution in [3.63, 3.8) is 0 Å². The highest BCUT2D eigenvalue weighted by Crippen LogP contribution is 2.31. The second-order valence-corrected chi connectivity index (χ2v) is 6.97. The van der Waals surface area contributed by atoms with Gasteiger partial charge in [-0.2, -0.15) is 0 Å². The summed E-state index contributed by atoms with van der Waals surface area (Å²) in [7, 11) is 0. The fourth-order valence-corrected chi connectivity index (χ4v) is 3.44. The molecule has 0 spiro atoms. The van der Waals surface area contributed by atoms with Gasteiger partial charge < -0.3 is 15.4 Å². The van der Waals surface area contributed by atoms with Gasteiger partial charge in [-0.3, -0.25) is 9.59 Å². The number of thioether (sulfide) groups is 1. The lowest BCUT2D eigenvalue weighted by atomic mass is 10.1. The van der Waals surface area contributed by atoms with Crippen LogP contribution in [0.2, 0.25) is 0 Å². The van der Waals surface area contributed by atoms with Crippen LogP contribution in [0.3, 0.4) is 0 Å². The van der Waals surface area contributed by atoms with Gasteiger partial charge in [0.2, 0.25) is 5.91 Å². The van der Waals surface area contributed by atoms with Crippen molar-refractivity contribution in [3.05, 3.63) is 34.7 Å². The number of fused-ring (bicyclic) bond motifs is 1. The lowest BCUT2D eigenvalue weighted by Crippen LogP contribution is -2.17. The quantitative estimate of drug-likeness (QED) is 0.633. The summed E-state index contributed by atoms with van der Waals surface area (Å²) in [6.07, 6.45) is 1.77. The number of hydrogen-bond acceptors (Lipinski definition) is 6. The van der Waals surface area contributed by atoms with Crippen LogP contribution in [0, 0.1) is 0 Å². The number of benzene rings is 1. The number of nitrogens with zero attached hydrogens (tertiary/aromatic N) is 1. The Kier molecular flexibility index (Phi) is 5.00. The normalized spacial score (nSPS) is 15.5. The fraction of sp³-hybridized carbons (Fsp3) is 0.176. The summed E-state index contributed by atoms with van der Waals surface area (Å²) in [6, 6.07) is 7.26.